The number of rotatable bonds is 8. The number of hydrogen-bond acceptors (Lipinski definition) is 3. The van der Waals surface area contributed by atoms with Crippen LogP contribution in [-0.4, -0.2) is 29.4 Å². The molecular formula is C20H24N2O2S. The van der Waals surface area contributed by atoms with Crippen molar-refractivity contribution >= 4 is 29.3 Å². The van der Waals surface area contributed by atoms with Gasteiger partial charge in [-0.3, -0.25) is 9.59 Å². The smallest absolute Gasteiger partial charge is 0.234 e. The highest BCUT2D eigenvalue weighted by Gasteiger charge is 2.14. The minimum atomic E-state index is -0.264. The van der Waals surface area contributed by atoms with Gasteiger partial charge in [0.05, 0.1) is 11.0 Å². The summed E-state index contributed by atoms with van der Waals surface area (Å²) in [5.41, 5.74) is 3.12. The number of anilines is 1. The fourth-order valence-corrected chi connectivity index (χ4v) is 2.94. The summed E-state index contributed by atoms with van der Waals surface area (Å²) in [4.78, 5) is 24.0. The van der Waals surface area contributed by atoms with E-state index in [1.54, 1.807) is 0 Å². The molecule has 0 radical (unpaired) electrons. The second kappa shape index (κ2) is 9.89. The Balaban J connectivity index is 1.66. The van der Waals surface area contributed by atoms with E-state index in [9.17, 15) is 9.59 Å². The van der Waals surface area contributed by atoms with E-state index < -0.39 is 0 Å². The fourth-order valence-electron chi connectivity index (χ4n) is 2.23. The first-order chi connectivity index (χ1) is 12.0. The number of thioether (sulfide) groups is 1. The van der Waals surface area contributed by atoms with Crippen molar-refractivity contribution in [2.24, 2.45) is 0 Å². The molecule has 0 saturated carbocycles. The van der Waals surface area contributed by atoms with Gasteiger partial charge in [0.1, 0.15) is 0 Å². The molecule has 4 nitrogen and oxygen atoms in total. The molecule has 0 aliphatic rings. The third-order valence-electron chi connectivity index (χ3n) is 3.72. The highest BCUT2D eigenvalue weighted by Crippen LogP contribution is 2.13. The molecule has 2 aromatic carbocycles. The van der Waals surface area contributed by atoms with E-state index in [2.05, 4.69) is 10.6 Å². The summed E-state index contributed by atoms with van der Waals surface area (Å²) in [6, 6.07) is 17.7. The van der Waals surface area contributed by atoms with E-state index in [4.69, 9.17) is 0 Å². The van der Waals surface area contributed by atoms with Gasteiger partial charge in [-0.15, -0.1) is 11.8 Å². The van der Waals surface area contributed by atoms with Crippen LogP contribution in [0.15, 0.2) is 54.6 Å². The molecule has 0 saturated heterocycles. The zero-order valence-corrected chi connectivity index (χ0v) is 15.4. The molecule has 0 spiro atoms. The molecule has 5 heteroatoms. The van der Waals surface area contributed by atoms with Crippen LogP contribution in [0, 0.1) is 6.92 Å². The van der Waals surface area contributed by atoms with Crippen molar-refractivity contribution in [1.82, 2.24) is 5.32 Å². The highest BCUT2D eigenvalue weighted by atomic mass is 32.2. The highest BCUT2D eigenvalue weighted by molar-refractivity contribution is 8.01. The maximum absolute atomic E-state index is 12.1. The zero-order valence-electron chi connectivity index (χ0n) is 14.6. The van der Waals surface area contributed by atoms with Crippen LogP contribution in [0.3, 0.4) is 0 Å². The first-order valence-corrected chi connectivity index (χ1v) is 9.39. The fraction of sp³-hybridized carbons (Fsp3) is 0.300. The van der Waals surface area contributed by atoms with E-state index in [1.807, 2.05) is 68.4 Å². The van der Waals surface area contributed by atoms with E-state index in [-0.39, 0.29) is 22.8 Å². The van der Waals surface area contributed by atoms with Crippen LogP contribution in [0.1, 0.15) is 18.1 Å². The number of hydrogen-bond donors (Lipinski definition) is 2. The van der Waals surface area contributed by atoms with Gasteiger partial charge in [-0.25, -0.2) is 0 Å². The molecule has 0 aliphatic heterocycles. The summed E-state index contributed by atoms with van der Waals surface area (Å²) in [5.74, 6) is 0.114. The Morgan fingerprint density at radius 2 is 1.72 bits per heavy atom. The van der Waals surface area contributed by atoms with Crippen molar-refractivity contribution in [2.75, 3.05) is 17.6 Å². The molecule has 2 N–H and O–H groups in total. The number of aryl methyl sites for hydroxylation is 1. The number of carbonyl (C=O) groups is 2. The third kappa shape index (κ3) is 7.01. The maximum atomic E-state index is 12.1. The number of benzene rings is 2. The van der Waals surface area contributed by atoms with Crippen LogP contribution in [0.2, 0.25) is 0 Å². The summed E-state index contributed by atoms with van der Waals surface area (Å²) in [6.45, 7) is 4.42. The summed E-state index contributed by atoms with van der Waals surface area (Å²) in [7, 11) is 0. The molecular weight excluding hydrogens is 332 g/mol. The molecule has 132 valence electrons. The van der Waals surface area contributed by atoms with Crippen molar-refractivity contribution in [3.05, 3.63) is 65.7 Å². The van der Waals surface area contributed by atoms with E-state index in [0.29, 0.717) is 6.54 Å². The van der Waals surface area contributed by atoms with Crippen LogP contribution in [0.5, 0.6) is 0 Å². The Hall–Kier alpha value is -2.27. The number of amides is 2. The van der Waals surface area contributed by atoms with Gasteiger partial charge in [0.15, 0.2) is 0 Å². The first kappa shape index (κ1) is 19.1. The number of carbonyl (C=O) groups excluding carboxylic acids is 2. The average Bonchev–Trinajstić information content (AvgIpc) is 2.62. The number of nitrogens with one attached hydrogen (secondary N) is 2. The van der Waals surface area contributed by atoms with Crippen LogP contribution in [0.4, 0.5) is 5.69 Å². The van der Waals surface area contributed by atoms with Crippen molar-refractivity contribution < 1.29 is 9.59 Å². The Bertz CT molecular complexity index is 687. The van der Waals surface area contributed by atoms with Crippen molar-refractivity contribution in [3.8, 4) is 0 Å². The standard InChI is InChI=1S/C20H24N2O2S/c1-15-8-10-18(11-9-15)22-19(23)14-25-16(2)20(24)21-13-12-17-6-4-3-5-7-17/h3-11,16H,12-14H2,1-2H3,(H,21,24)(H,22,23). The Kier molecular flexibility index (Phi) is 7.54. The lowest BCUT2D eigenvalue weighted by Gasteiger charge is -2.12. The molecule has 0 aliphatic carbocycles. The maximum Gasteiger partial charge on any atom is 0.234 e. The summed E-state index contributed by atoms with van der Waals surface area (Å²) in [5, 5.41) is 5.49. The van der Waals surface area contributed by atoms with E-state index in [1.165, 1.54) is 17.3 Å². The normalized spacial score (nSPS) is 11.6. The lowest BCUT2D eigenvalue weighted by atomic mass is 10.1. The van der Waals surface area contributed by atoms with Crippen molar-refractivity contribution in [1.29, 1.82) is 0 Å². The second-order valence-electron chi connectivity index (χ2n) is 5.89. The van der Waals surface area contributed by atoms with E-state index >= 15 is 0 Å². The monoisotopic (exact) mass is 356 g/mol. The first-order valence-electron chi connectivity index (χ1n) is 8.34. The Morgan fingerprint density at radius 3 is 2.40 bits per heavy atom. The minimum Gasteiger partial charge on any atom is -0.355 e. The van der Waals surface area contributed by atoms with E-state index in [0.717, 1.165) is 17.7 Å². The molecule has 1 unspecified atom stereocenters. The molecule has 2 rings (SSSR count). The molecule has 25 heavy (non-hydrogen) atoms. The van der Waals surface area contributed by atoms with Gasteiger partial charge in [0, 0.05) is 12.2 Å². The third-order valence-corrected chi connectivity index (χ3v) is 4.87. The Morgan fingerprint density at radius 1 is 1.04 bits per heavy atom. The van der Waals surface area contributed by atoms with Gasteiger partial charge in [-0.1, -0.05) is 48.0 Å². The zero-order chi connectivity index (χ0) is 18.1. The summed E-state index contributed by atoms with van der Waals surface area (Å²) in [6.07, 6.45) is 0.803. The van der Waals surface area contributed by atoms with Crippen molar-refractivity contribution in [2.45, 2.75) is 25.5 Å². The van der Waals surface area contributed by atoms with Gasteiger partial charge in [0.2, 0.25) is 11.8 Å². The topological polar surface area (TPSA) is 58.2 Å². The van der Waals surface area contributed by atoms with Gasteiger partial charge >= 0.3 is 0 Å². The van der Waals surface area contributed by atoms with Gasteiger partial charge in [-0.2, -0.15) is 0 Å². The largest absolute Gasteiger partial charge is 0.355 e. The van der Waals surface area contributed by atoms with Gasteiger partial charge in [0.25, 0.3) is 0 Å². The van der Waals surface area contributed by atoms with Crippen LogP contribution in [-0.2, 0) is 16.0 Å². The quantitative estimate of drug-likeness (QED) is 0.762. The molecule has 1 atom stereocenters. The summed E-state index contributed by atoms with van der Waals surface area (Å²) < 4.78 is 0. The predicted octanol–water partition coefficient (Wildman–Crippen LogP) is 3.41. The van der Waals surface area contributed by atoms with Crippen LogP contribution < -0.4 is 10.6 Å². The molecule has 0 aromatic heterocycles. The molecule has 0 bridgehead atoms. The predicted molar refractivity (Wildman–Crippen MR) is 105 cm³/mol. The van der Waals surface area contributed by atoms with Gasteiger partial charge < -0.3 is 10.6 Å². The van der Waals surface area contributed by atoms with Crippen molar-refractivity contribution in [3.63, 3.8) is 0 Å². The lowest BCUT2D eigenvalue weighted by Crippen LogP contribution is -2.33. The lowest BCUT2D eigenvalue weighted by molar-refractivity contribution is -0.120. The molecule has 0 fully saturated rings. The molecule has 0 heterocycles. The molecule has 2 aromatic rings. The average molecular weight is 356 g/mol. The van der Waals surface area contributed by atoms with Gasteiger partial charge in [-0.05, 0) is 38.0 Å². The molecule has 2 amide bonds. The summed E-state index contributed by atoms with van der Waals surface area (Å²) >= 11 is 1.34. The minimum absolute atomic E-state index is 0.0379. The SMILES string of the molecule is Cc1ccc(NC(=O)CSC(C)C(=O)NCCc2ccccc2)cc1. The van der Waals surface area contributed by atoms with Crippen LogP contribution in [0.25, 0.3) is 0 Å². The second-order valence-corrected chi connectivity index (χ2v) is 7.22. The van der Waals surface area contributed by atoms with Crippen LogP contribution >= 0.6 is 11.8 Å². The Labute approximate surface area is 153 Å².